The minimum Gasteiger partial charge on any atom is -0.375 e. The first-order chi connectivity index (χ1) is 16.0. The van der Waals surface area contributed by atoms with Gasteiger partial charge in [-0.3, -0.25) is 4.79 Å². The van der Waals surface area contributed by atoms with Crippen molar-refractivity contribution in [2.24, 2.45) is 0 Å². The summed E-state index contributed by atoms with van der Waals surface area (Å²) in [7, 11) is 0. The quantitative estimate of drug-likeness (QED) is 0.466. The SMILES string of the molecule is Cc1c(CC(=O)N2CCC3(CCCO3)CC2)nn(-c2ccccc2Cl)c1-c1ccc(Cl)cc1. The highest BCUT2D eigenvalue weighted by Crippen LogP contribution is 2.36. The van der Waals surface area contributed by atoms with Gasteiger partial charge < -0.3 is 9.64 Å². The number of carbonyl (C=O) groups is 1. The number of hydrogen-bond donors (Lipinski definition) is 0. The van der Waals surface area contributed by atoms with Crippen molar-refractivity contribution >= 4 is 29.1 Å². The lowest BCUT2D eigenvalue weighted by atomic mass is 9.88. The van der Waals surface area contributed by atoms with Crippen molar-refractivity contribution in [3.63, 3.8) is 0 Å². The predicted molar refractivity (Wildman–Crippen MR) is 131 cm³/mol. The molecule has 0 radical (unpaired) electrons. The van der Waals surface area contributed by atoms with Crippen molar-refractivity contribution < 1.29 is 9.53 Å². The monoisotopic (exact) mass is 483 g/mol. The molecule has 33 heavy (non-hydrogen) atoms. The summed E-state index contributed by atoms with van der Waals surface area (Å²) in [5.74, 6) is 0.109. The Bertz CT molecular complexity index is 1160. The number of hydrogen-bond acceptors (Lipinski definition) is 3. The van der Waals surface area contributed by atoms with Gasteiger partial charge in [0.1, 0.15) is 0 Å². The molecular formula is C26H27Cl2N3O2. The first-order valence-corrected chi connectivity index (χ1v) is 12.2. The molecule has 0 bridgehead atoms. The summed E-state index contributed by atoms with van der Waals surface area (Å²) in [5, 5.41) is 6.15. The van der Waals surface area contributed by atoms with E-state index in [-0.39, 0.29) is 17.9 Å². The lowest BCUT2D eigenvalue weighted by Gasteiger charge is -2.38. The molecule has 0 saturated carbocycles. The van der Waals surface area contributed by atoms with Gasteiger partial charge >= 0.3 is 0 Å². The largest absolute Gasteiger partial charge is 0.375 e. The van der Waals surface area contributed by atoms with Crippen LogP contribution in [0.1, 0.15) is 36.9 Å². The van der Waals surface area contributed by atoms with E-state index in [4.69, 9.17) is 33.0 Å². The number of benzene rings is 2. The number of rotatable bonds is 4. The predicted octanol–water partition coefficient (Wildman–Crippen LogP) is 5.87. The third-order valence-corrected chi connectivity index (χ3v) is 7.52. The first kappa shape index (κ1) is 22.5. The third kappa shape index (κ3) is 4.42. The second kappa shape index (κ2) is 9.13. The zero-order valence-corrected chi connectivity index (χ0v) is 20.2. The molecule has 3 aromatic rings. The number of ether oxygens (including phenoxy) is 1. The minimum atomic E-state index is 0.0000855. The van der Waals surface area contributed by atoms with Crippen LogP contribution in [0.3, 0.4) is 0 Å². The van der Waals surface area contributed by atoms with Gasteiger partial charge in [-0.1, -0.05) is 47.5 Å². The summed E-state index contributed by atoms with van der Waals surface area (Å²) >= 11 is 12.6. The zero-order chi connectivity index (χ0) is 23.0. The molecule has 3 heterocycles. The Morgan fingerprint density at radius 3 is 2.45 bits per heavy atom. The summed E-state index contributed by atoms with van der Waals surface area (Å²) in [4.78, 5) is 15.2. The summed E-state index contributed by atoms with van der Waals surface area (Å²) in [6, 6.07) is 15.3. The van der Waals surface area contributed by atoms with Gasteiger partial charge in [0.25, 0.3) is 0 Å². The lowest BCUT2D eigenvalue weighted by molar-refractivity contribution is -0.135. The van der Waals surface area contributed by atoms with Gasteiger partial charge in [0.2, 0.25) is 5.91 Å². The van der Waals surface area contributed by atoms with E-state index >= 15 is 0 Å². The average molecular weight is 484 g/mol. The van der Waals surface area contributed by atoms with Gasteiger partial charge in [-0.2, -0.15) is 5.10 Å². The number of piperidine rings is 1. The molecule has 0 N–H and O–H groups in total. The topological polar surface area (TPSA) is 47.4 Å². The van der Waals surface area contributed by atoms with E-state index in [1.54, 1.807) is 0 Å². The molecule has 5 nitrogen and oxygen atoms in total. The van der Waals surface area contributed by atoms with E-state index in [9.17, 15) is 4.79 Å². The second-order valence-electron chi connectivity index (χ2n) is 8.98. The maximum absolute atomic E-state index is 13.2. The normalized spacial score (nSPS) is 17.6. The van der Waals surface area contributed by atoms with Gasteiger partial charge in [0.15, 0.2) is 0 Å². The minimum absolute atomic E-state index is 0.0000855. The van der Waals surface area contributed by atoms with Crippen molar-refractivity contribution in [1.82, 2.24) is 14.7 Å². The Morgan fingerprint density at radius 1 is 1.06 bits per heavy atom. The molecule has 1 amide bonds. The van der Waals surface area contributed by atoms with Crippen LogP contribution in [0, 0.1) is 6.92 Å². The fourth-order valence-electron chi connectivity index (χ4n) is 5.02. The highest BCUT2D eigenvalue weighted by Gasteiger charge is 2.39. The Labute approximate surface area is 204 Å². The molecule has 2 fully saturated rings. The zero-order valence-electron chi connectivity index (χ0n) is 18.7. The summed E-state index contributed by atoms with van der Waals surface area (Å²) in [5.41, 5.74) is 4.41. The average Bonchev–Trinajstić information content (AvgIpc) is 3.40. The van der Waals surface area contributed by atoms with Crippen LogP contribution in [0.25, 0.3) is 16.9 Å². The van der Waals surface area contributed by atoms with Crippen LogP contribution in [0.5, 0.6) is 0 Å². The molecule has 2 aliphatic rings. The van der Waals surface area contributed by atoms with Gasteiger partial charge in [0.05, 0.1) is 34.1 Å². The summed E-state index contributed by atoms with van der Waals surface area (Å²) < 4.78 is 7.86. The Balaban J connectivity index is 1.44. The van der Waals surface area contributed by atoms with Crippen LogP contribution in [0.4, 0.5) is 0 Å². The van der Waals surface area contributed by atoms with Gasteiger partial charge in [0, 0.05) is 30.3 Å². The third-order valence-electron chi connectivity index (χ3n) is 6.95. The highest BCUT2D eigenvalue weighted by atomic mass is 35.5. The van der Waals surface area contributed by atoms with E-state index in [1.807, 2.05) is 65.0 Å². The number of carbonyl (C=O) groups excluding carboxylic acids is 1. The summed E-state index contributed by atoms with van der Waals surface area (Å²) in [6.45, 7) is 4.35. The fourth-order valence-corrected chi connectivity index (χ4v) is 5.36. The van der Waals surface area contributed by atoms with E-state index in [0.717, 1.165) is 73.6 Å². The number of likely N-dealkylation sites (tertiary alicyclic amines) is 1. The van der Waals surface area contributed by atoms with Crippen molar-refractivity contribution in [3.05, 3.63) is 69.8 Å². The van der Waals surface area contributed by atoms with Crippen LogP contribution in [-0.2, 0) is 16.0 Å². The molecule has 0 unspecified atom stereocenters. The standard InChI is InChI=1S/C26H27Cl2N3O2/c1-18-22(17-24(32)30-14-12-26(13-15-30)11-4-16-33-26)29-31(23-6-3-2-5-21(23)28)25(18)19-7-9-20(27)10-8-19/h2-3,5-10H,4,11-17H2,1H3. The van der Waals surface area contributed by atoms with Crippen molar-refractivity contribution in [3.8, 4) is 16.9 Å². The molecule has 0 atom stereocenters. The number of para-hydroxylation sites is 1. The van der Waals surface area contributed by atoms with Crippen LogP contribution in [0.15, 0.2) is 48.5 Å². The maximum atomic E-state index is 13.2. The van der Waals surface area contributed by atoms with Crippen LogP contribution >= 0.6 is 23.2 Å². The molecule has 2 aromatic carbocycles. The highest BCUT2D eigenvalue weighted by molar-refractivity contribution is 6.32. The first-order valence-electron chi connectivity index (χ1n) is 11.5. The Morgan fingerprint density at radius 2 is 1.79 bits per heavy atom. The molecular weight excluding hydrogens is 457 g/mol. The Hall–Kier alpha value is -2.34. The van der Waals surface area contributed by atoms with Crippen LogP contribution < -0.4 is 0 Å². The second-order valence-corrected chi connectivity index (χ2v) is 9.83. The number of nitrogens with zero attached hydrogens (tertiary/aromatic N) is 3. The molecule has 2 aliphatic heterocycles. The van der Waals surface area contributed by atoms with Gasteiger partial charge in [-0.15, -0.1) is 0 Å². The molecule has 1 spiro atoms. The van der Waals surface area contributed by atoms with E-state index in [2.05, 4.69) is 0 Å². The Kier molecular flexibility index (Phi) is 6.21. The maximum Gasteiger partial charge on any atom is 0.228 e. The van der Waals surface area contributed by atoms with Crippen molar-refractivity contribution in [1.29, 1.82) is 0 Å². The van der Waals surface area contributed by atoms with Crippen LogP contribution in [-0.4, -0.2) is 45.9 Å². The molecule has 0 aliphatic carbocycles. The fraction of sp³-hybridized carbons (Fsp3) is 0.385. The molecule has 7 heteroatoms. The number of amides is 1. The van der Waals surface area contributed by atoms with Gasteiger partial charge in [-0.25, -0.2) is 4.68 Å². The molecule has 2 saturated heterocycles. The summed E-state index contributed by atoms with van der Waals surface area (Å²) in [6.07, 6.45) is 4.34. The molecule has 1 aromatic heterocycles. The van der Waals surface area contributed by atoms with Crippen molar-refractivity contribution in [2.75, 3.05) is 19.7 Å². The molecule has 172 valence electrons. The van der Waals surface area contributed by atoms with E-state index in [1.165, 1.54) is 0 Å². The smallest absolute Gasteiger partial charge is 0.228 e. The molecule has 5 rings (SSSR count). The van der Waals surface area contributed by atoms with E-state index in [0.29, 0.717) is 10.0 Å². The van der Waals surface area contributed by atoms with E-state index < -0.39 is 0 Å². The van der Waals surface area contributed by atoms with Crippen LogP contribution in [0.2, 0.25) is 10.0 Å². The number of aromatic nitrogens is 2. The van der Waals surface area contributed by atoms with Gasteiger partial charge in [-0.05, 0) is 62.4 Å². The van der Waals surface area contributed by atoms with Crippen molar-refractivity contribution in [2.45, 2.75) is 44.6 Å². The number of halogens is 2. The lowest BCUT2D eigenvalue weighted by Crippen LogP contribution is -2.46.